The molecule has 1 aromatic heterocycles. The number of hydrogen-bond acceptors (Lipinski definition) is 3. The first kappa shape index (κ1) is 14.0. The van der Waals surface area contributed by atoms with Crippen LogP contribution in [0.2, 0.25) is 0 Å². The van der Waals surface area contributed by atoms with Gasteiger partial charge in [-0.05, 0) is 50.2 Å². The van der Waals surface area contributed by atoms with Crippen molar-refractivity contribution < 1.29 is 9.84 Å². The van der Waals surface area contributed by atoms with E-state index in [1.165, 1.54) is 19.3 Å². The number of aryl methyl sites for hydroxylation is 1. The first-order valence-electron chi connectivity index (χ1n) is 7.94. The average molecular weight is 275 g/mol. The Labute approximate surface area is 121 Å². The SMILES string of the molecule is Cc1cccnc1C(O)C1CCOC2(CCCCC2)C1. The molecule has 0 bridgehead atoms. The normalized spacial score (nSPS) is 27.4. The fourth-order valence-electron chi connectivity index (χ4n) is 3.91. The highest BCUT2D eigenvalue weighted by Crippen LogP contribution is 2.44. The summed E-state index contributed by atoms with van der Waals surface area (Å²) in [6.07, 6.45) is 9.47. The number of ether oxygens (including phenoxy) is 1. The maximum atomic E-state index is 10.7. The Bertz CT molecular complexity index is 449. The first-order valence-corrected chi connectivity index (χ1v) is 7.94. The van der Waals surface area contributed by atoms with Gasteiger partial charge in [-0.2, -0.15) is 0 Å². The van der Waals surface area contributed by atoms with Crippen LogP contribution in [0.25, 0.3) is 0 Å². The zero-order chi connectivity index (χ0) is 14.0. The van der Waals surface area contributed by atoms with Gasteiger partial charge >= 0.3 is 0 Å². The molecule has 3 nitrogen and oxygen atoms in total. The molecule has 20 heavy (non-hydrogen) atoms. The molecule has 2 unspecified atom stereocenters. The molecular formula is C17H25NO2. The monoisotopic (exact) mass is 275 g/mol. The second kappa shape index (κ2) is 5.82. The third-order valence-corrected chi connectivity index (χ3v) is 5.07. The Kier molecular flexibility index (Phi) is 4.08. The Morgan fingerprint density at radius 1 is 1.35 bits per heavy atom. The number of rotatable bonds is 2. The molecule has 1 aliphatic heterocycles. The lowest BCUT2D eigenvalue weighted by Gasteiger charge is -2.44. The Morgan fingerprint density at radius 2 is 2.15 bits per heavy atom. The number of hydrogen-bond donors (Lipinski definition) is 1. The third kappa shape index (κ3) is 2.75. The van der Waals surface area contributed by atoms with Crippen molar-refractivity contribution >= 4 is 0 Å². The number of pyridine rings is 1. The van der Waals surface area contributed by atoms with Gasteiger partial charge in [-0.15, -0.1) is 0 Å². The van der Waals surface area contributed by atoms with Crippen molar-refractivity contribution in [2.45, 2.75) is 63.6 Å². The molecule has 1 saturated carbocycles. The van der Waals surface area contributed by atoms with Gasteiger partial charge in [-0.1, -0.05) is 25.3 Å². The van der Waals surface area contributed by atoms with Crippen LogP contribution in [0.4, 0.5) is 0 Å². The number of aliphatic hydroxyl groups excluding tert-OH is 1. The van der Waals surface area contributed by atoms with Crippen molar-refractivity contribution in [2.75, 3.05) is 6.61 Å². The van der Waals surface area contributed by atoms with Crippen molar-refractivity contribution in [2.24, 2.45) is 5.92 Å². The molecule has 1 N–H and O–H groups in total. The maximum Gasteiger partial charge on any atom is 0.0992 e. The van der Waals surface area contributed by atoms with E-state index in [-0.39, 0.29) is 11.5 Å². The second-order valence-corrected chi connectivity index (χ2v) is 6.50. The lowest BCUT2D eigenvalue weighted by molar-refractivity contribution is -0.134. The Morgan fingerprint density at radius 3 is 2.90 bits per heavy atom. The van der Waals surface area contributed by atoms with Gasteiger partial charge in [-0.25, -0.2) is 0 Å². The third-order valence-electron chi connectivity index (χ3n) is 5.07. The lowest BCUT2D eigenvalue weighted by atomic mass is 9.74. The molecule has 1 aromatic rings. The van der Waals surface area contributed by atoms with E-state index in [0.717, 1.165) is 43.5 Å². The molecule has 3 rings (SSSR count). The van der Waals surface area contributed by atoms with Gasteiger partial charge in [0.05, 0.1) is 17.4 Å². The molecule has 2 heterocycles. The summed E-state index contributed by atoms with van der Waals surface area (Å²) >= 11 is 0. The van der Waals surface area contributed by atoms with Gasteiger partial charge in [0.15, 0.2) is 0 Å². The van der Waals surface area contributed by atoms with E-state index in [2.05, 4.69) is 4.98 Å². The molecule has 2 aliphatic rings. The maximum absolute atomic E-state index is 10.7. The van der Waals surface area contributed by atoms with Crippen LogP contribution in [0.1, 0.15) is 62.3 Å². The van der Waals surface area contributed by atoms with Gasteiger partial charge in [0.25, 0.3) is 0 Å². The number of aliphatic hydroxyl groups is 1. The van der Waals surface area contributed by atoms with Crippen molar-refractivity contribution in [3.8, 4) is 0 Å². The summed E-state index contributed by atoms with van der Waals surface area (Å²) in [4.78, 5) is 4.40. The standard InChI is InChI=1S/C17H25NO2/c1-13-6-5-10-18-15(13)16(19)14-7-11-20-17(12-14)8-3-2-4-9-17/h5-6,10,14,16,19H,2-4,7-9,11-12H2,1H3. The van der Waals surface area contributed by atoms with E-state index in [1.807, 2.05) is 19.1 Å². The highest BCUT2D eigenvalue weighted by atomic mass is 16.5. The summed E-state index contributed by atoms with van der Waals surface area (Å²) in [6, 6.07) is 3.96. The molecule has 1 saturated heterocycles. The molecule has 2 atom stereocenters. The topological polar surface area (TPSA) is 42.4 Å². The summed E-state index contributed by atoms with van der Waals surface area (Å²) in [5.74, 6) is 0.287. The van der Waals surface area contributed by atoms with Gasteiger partial charge in [0.2, 0.25) is 0 Å². The quantitative estimate of drug-likeness (QED) is 0.897. The minimum atomic E-state index is -0.445. The van der Waals surface area contributed by atoms with Crippen LogP contribution in [0.5, 0.6) is 0 Å². The van der Waals surface area contributed by atoms with E-state index in [4.69, 9.17) is 4.74 Å². The fourth-order valence-corrected chi connectivity index (χ4v) is 3.91. The molecule has 2 fully saturated rings. The molecule has 110 valence electrons. The summed E-state index contributed by atoms with van der Waals surface area (Å²) in [6.45, 7) is 2.81. The molecule has 1 spiro atoms. The van der Waals surface area contributed by atoms with Gasteiger partial charge < -0.3 is 9.84 Å². The summed E-state index contributed by atoms with van der Waals surface area (Å²) in [5, 5.41) is 10.7. The van der Waals surface area contributed by atoms with Crippen LogP contribution < -0.4 is 0 Å². The zero-order valence-electron chi connectivity index (χ0n) is 12.3. The van der Waals surface area contributed by atoms with Crippen LogP contribution in [0.3, 0.4) is 0 Å². The highest BCUT2D eigenvalue weighted by Gasteiger charge is 2.41. The number of nitrogens with zero attached hydrogens (tertiary/aromatic N) is 1. The molecule has 0 radical (unpaired) electrons. The highest BCUT2D eigenvalue weighted by molar-refractivity contribution is 5.20. The van der Waals surface area contributed by atoms with E-state index >= 15 is 0 Å². The van der Waals surface area contributed by atoms with Gasteiger partial charge in [0, 0.05) is 12.8 Å². The van der Waals surface area contributed by atoms with Crippen LogP contribution in [0, 0.1) is 12.8 Å². The smallest absolute Gasteiger partial charge is 0.0992 e. The molecule has 3 heteroatoms. The Balaban J connectivity index is 1.75. The van der Waals surface area contributed by atoms with Gasteiger partial charge in [0.1, 0.15) is 0 Å². The first-order chi connectivity index (χ1) is 9.70. The molecule has 0 aromatic carbocycles. The second-order valence-electron chi connectivity index (χ2n) is 6.50. The predicted octanol–water partition coefficient (Wildman–Crippen LogP) is 3.55. The lowest BCUT2D eigenvalue weighted by Crippen LogP contribution is -2.43. The average Bonchev–Trinajstić information content (AvgIpc) is 2.48. The summed E-state index contributed by atoms with van der Waals surface area (Å²) in [5.41, 5.74) is 1.99. The van der Waals surface area contributed by atoms with Crippen molar-refractivity contribution in [1.82, 2.24) is 4.98 Å². The van der Waals surface area contributed by atoms with E-state index < -0.39 is 6.10 Å². The largest absolute Gasteiger partial charge is 0.387 e. The van der Waals surface area contributed by atoms with E-state index in [1.54, 1.807) is 6.20 Å². The van der Waals surface area contributed by atoms with Crippen LogP contribution in [-0.4, -0.2) is 22.3 Å². The van der Waals surface area contributed by atoms with Crippen LogP contribution in [0.15, 0.2) is 18.3 Å². The molecule has 1 aliphatic carbocycles. The van der Waals surface area contributed by atoms with Crippen molar-refractivity contribution in [3.63, 3.8) is 0 Å². The number of aromatic nitrogens is 1. The van der Waals surface area contributed by atoms with E-state index in [9.17, 15) is 5.11 Å². The fraction of sp³-hybridized carbons (Fsp3) is 0.706. The van der Waals surface area contributed by atoms with E-state index in [0.29, 0.717) is 0 Å². The Hall–Kier alpha value is -0.930. The van der Waals surface area contributed by atoms with Crippen LogP contribution >= 0.6 is 0 Å². The molecule has 0 amide bonds. The molecular weight excluding hydrogens is 250 g/mol. The zero-order valence-corrected chi connectivity index (χ0v) is 12.3. The predicted molar refractivity (Wildman–Crippen MR) is 78.4 cm³/mol. The summed E-state index contributed by atoms with van der Waals surface area (Å²) in [7, 11) is 0. The summed E-state index contributed by atoms with van der Waals surface area (Å²) < 4.78 is 6.12. The van der Waals surface area contributed by atoms with Crippen LogP contribution in [-0.2, 0) is 4.74 Å². The minimum Gasteiger partial charge on any atom is -0.387 e. The van der Waals surface area contributed by atoms with Gasteiger partial charge in [-0.3, -0.25) is 4.98 Å². The minimum absolute atomic E-state index is 0.0465. The van der Waals surface area contributed by atoms with Crippen molar-refractivity contribution in [3.05, 3.63) is 29.6 Å². The van der Waals surface area contributed by atoms with Crippen molar-refractivity contribution in [1.29, 1.82) is 0 Å².